The SMILES string of the molecule is O=C(NCCc1c[nH]c2ccccc12)[C@@H]1CS[C@@H]2[C@H](O)[C@@H](O)[C@H](O)[C@H](O)C(=O)N21. The van der Waals surface area contributed by atoms with Crippen LogP contribution in [-0.4, -0.2) is 90.3 Å². The van der Waals surface area contributed by atoms with Gasteiger partial charge >= 0.3 is 0 Å². The zero-order valence-corrected chi connectivity index (χ0v) is 16.2. The molecule has 2 aromatic rings. The Morgan fingerprint density at radius 1 is 1.17 bits per heavy atom. The molecule has 2 fully saturated rings. The Balaban J connectivity index is 1.43. The zero-order chi connectivity index (χ0) is 20.7. The molecule has 0 bridgehead atoms. The molecule has 6 N–H and O–H groups in total. The lowest BCUT2D eigenvalue weighted by Crippen LogP contribution is -2.54. The van der Waals surface area contributed by atoms with Gasteiger partial charge in [-0.05, 0) is 18.1 Å². The quantitative estimate of drug-likeness (QED) is 0.354. The van der Waals surface area contributed by atoms with Gasteiger partial charge in [0.05, 0.1) is 0 Å². The van der Waals surface area contributed by atoms with Gasteiger partial charge in [0.2, 0.25) is 5.91 Å². The summed E-state index contributed by atoms with van der Waals surface area (Å²) in [5.41, 5.74) is 2.07. The predicted molar refractivity (Wildman–Crippen MR) is 106 cm³/mol. The lowest BCUT2D eigenvalue weighted by molar-refractivity contribution is -0.151. The average Bonchev–Trinajstić information content (AvgIpc) is 3.34. The molecule has 1 aromatic carbocycles. The molecule has 6 atom stereocenters. The number of aliphatic hydroxyl groups excluding tert-OH is 4. The maximum Gasteiger partial charge on any atom is 0.255 e. The number of aromatic amines is 1. The van der Waals surface area contributed by atoms with Crippen LogP contribution in [0.1, 0.15) is 5.56 Å². The van der Waals surface area contributed by atoms with Crippen LogP contribution in [0.5, 0.6) is 0 Å². The summed E-state index contributed by atoms with van der Waals surface area (Å²) in [5, 5.41) is 43.1. The van der Waals surface area contributed by atoms with Crippen LogP contribution in [0.2, 0.25) is 0 Å². The van der Waals surface area contributed by atoms with E-state index in [0.29, 0.717) is 13.0 Å². The number of nitrogens with zero attached hydrogens (tertiary/aromatic N) is 1. The number of hydrogen-bond acceptors (Lipinski definition) is 7. The average molecular weight is 421 g/mol. The van der Waals surface area contributed by atoms with Gasteiger partial charge in [-0.1, -0.05) is 18.2 Å². The number of nitrogens with one attached hydrogen (secondary N) is 2. The topological polar surface area (TPSA) is 146 Å². The summed E-state index contributed by atoms with van der Waals surface area (Å²) < 4.78 is 0. The summed E-state index contributed by atoms with van der Waals surface area (Å²) in [6.07, 6.45) is -4.37. The van der Waals surface area contributed by atoms with E-state index in [2.05, 4.69) is 10.3 Å². The number of carbonyl (C=O) groups is 2. The zero-order valence-electron chi connectivity index (χ0n) is 15.4. The maximum atomic E-state index is 12.7. The van der Waals surface area contributed by atoms with Crippen molar-refractivity contribution in [1.82, 2.24) is 15.2 Å². The van der Waals surface area contributed by atoms with Crippen molar-refractivity contribution in [3.05, 3.63) is 36.0 Å². The summed E-state index contributed by atoms with van der Waals surface area (Å²) in [5.74, 6) is -1.06. The molecule has 2 aliphatic rings. The van der Waals surface area contributed by atoms with E-state index in [1.807, 2.05) is 30.5 Å². The number of hydrogen-bond donors (Lipinski definition) is 6. The number of fused-ring (bicyclic) bond motifs is 2. The minimum atomic E-state index is -1.90. The number of rotatable bonds is 4. The highest BCUT2D eigenvalue weighted by molar-refractivity contribution is 8.00. The lowest BCUT2D eigenvalue weighted by atomic mass is 10.1. The summed E-state index contributed by atoms with van der Waals surface area (Å²) in [6.45, 7) is 0.352. The van der Waals surface area contributed by atoms with Crippen molar-refractivity contribution >= 4 is 34.5 Å². The Bertz CT molecular complexity index is 920. The number of carbonyl (C=O) groups excluding carboxylic acids is 2. The van der Waals surface area contributed by atoms with Gasteiger partial charge in [-0.3, -0.25) is 9.59 Å². The van der Waals surface area contributed by atoms with Crippen LogP contribution in [0.4, 0.5) is 0 Å². The van der Waals surface area contributed by atoms with Crippen molar-refractivity contribution < 1.29 is 30.0 Å². The largest absolute Gasteiger partial charge is 0.387 e. The summed E-state index contributed by atoms with van der Waals surface area (Å²) in [4.78, 5) is 29.5. The van der Waals surface area contributed by atoms with Gasteiger partial charge in [0.1, 0.15) is 29.7 Å². The molecule has 29 heavy (non-hydrogen) atoms. The van der Waals surface area contributed by atoms with E-state index >= 15 is 0 Å². The number of aliphatic hydroxyl groups is 4. The Morgan fingerprint density at radius 2 is 1.93 bits per heavy atom. The van der Waals surface area contributed by atoms with E-state index in [9.17, 15) is 30.0 Å². The van der Waals surface area contributed by atoms with E-state index in [0.717, 1.165) is 33.1 Å². The Labute approximate surface area is 170 Å². The van der Waals surface area contributed by atoms with Crippen molar-refractivity contribution in [2.45, 2.75) is 42.3 Å². The second-order valence-electron chi connectivity index (χ2n) is 7.30. The second-order valence-corrected chi connectivity index (χ2v) is 8.45. The highest BCUT2D eigenvalue weighted by Crippen LogP contribution is 2.36. The van der Waals surface area contributed by atoms with Gasteiger partial charge < -0.3 is 35.6 Å². The fourth-order valence-corrected chi connectivity index (χ4v) is 5.37. The first-order valence-corrected chi connectivity index (χ1v) is 10.4. The van der Waals surface area contributed by atoms with E-state index in [4.69, 9.17) is 0 Å². The van der Waals surface area contributed by atoms with E-state index in [1.165, 1.54) is 0 Å². The first-order valence-electron chi connectivity index (χ1n) is 9.39. The number of thioether (sulfide) groups is 1. The molecule has 1 aromatic heterocycles. The minimum absolute atomic E-state index is 0.224. The Morgan fingerprint density at radius 3 is 2.72 bits per heavy atom. The van der Waals surface area contributed by atoms with E-state index in [-0.39, 0.29) is 5.75 Å². The molecular weight excluding hydrogens is 398 g/mol. The van der Waals surface area contributed by atoms with E-state index in [1.54, 1.807) is 0 Å². The van der Waals surface area contributed by atoms with Gasteiger partial charge in [0.15, 0.2) is 6.10 Å². The Hall–Kier alpha value is -2.11. The summed E-state index contributed by atoms with van der Waals surface area (Å²) >= 11 is 1.14. The molecule has 156 valence electrons. The Kier molecular flexibility index (Phi) is 5.54. The van der Waals surface area contributed by atoms with E-state index < -0.39 is 47.6 Å². The lowest BCUT2D eigenvalue weighted by Gasteiger charge is -2.29. The number of amides is 2. The van der Waals surface area contributed by atoms with Crippen molar-refractivity contribution in [2.75, 3.05) is 12.3 Å². The van der Waals surface area contributed by atoms with Crippen LogP contribution >= 0.6 is 11.8 Å². The van der Waals surface area contributed by atoms with Crippen LogP contribution in [0.3, 0.4) is 0 Å². The third-order valence-electron chi connectivity index (χ3n) is 5.53. The van der Waals surface area contributed by atoms with Crippen molar-refractivity contribution in [3.63, 3.8) is 0 Å². The molecule has 0 unspecified atom stereocenters. The van der Waals surface area contributed by atoms with Crippen molar-refractivity contribution in [2.24, 2.45) is 0 Å². The summed E-state index contributed by atoms with van der Waals surface area (Å²) in [6, 6.07) is 6.95. The molecule has 0 radical (unpaired) electrons. The van der Waals surface area contributed by atoms with Crippen LogP contribution in [0.15, 0.2) is 30.5 Å². The minimum Gasteiger partial charge on any atom is -0.387 e. The van der Waals surface area contributed by atoms with Gasteiger partial charge in [-0.25, -0.2) is 0 Å². The smallest absolute Gasteiger partial charge is 0.255 e. The molecule has 2 saturated heterocycles. The summed E-state index contributed by atoms with van der Waals surface area (Å²) in [7, 11) is 0. The molecule has 9 nitrogen and oxygen atoms in total. The van der Waals surface area contributed by atoms with Gasteiger partial charge in [-0.2, -0.15) is 0 Å². The fourth-order valence-electron chi connectivity index (χ4n) is 3.90. The number of para-hydroxylation sites is 1. The van der Waals surface area contributed by atoms with Crippen LogP contribution in [0.25, 0.3) is 10.9 Å². The monoisotopic (exact) mass is 421 g/mol. The van der Waals surface area contributed by atoms with Gasteiger partial charge in [-0.15, -0.1) is 11.8 Å². The predicted octanol–water partition coefficient (Wildman–Crippen LogP) is -1.45. The van der Waals surface area contributed by atoms with Crippen LogP contribution in [-0.2, 0) is 16.0 Å². The number of H-pyrrole nitrogens is 1. The number of aromatic nitrogens is 1. The third kappa shape index (κ3) is 3.51. The normalized spacial score (nSPS) is 32.3. The molecule has 3 heterocycles. The molecule has 10 heteroatoms. The van der Waals surface area contributed by atoms with Gasteiger partial charge in [0.25, 0.3) is 5.91 Å². The fraction of sp³-hybridized carbons (Fsp3) is 0.474. The first kappa shape index (κ1) is 20.2. The van der Waals surface area contributed by atoms with Crippen LogP contribution in [0, 0.1) is 0 Å². The molecule has 4 rings (SSSR count). The number of benzene rings is 1. The van der Waals surface area contributed by atoms with Crippen LogP contribution < -0.4 is 5.32 Å². The molecular formula is C19H23N3O6S. The third-order valence-corrected chi connectivity index (χ3v) is 6.88. The highest BCUT2D eigenvalue weighted by atomic mass is 32.2. The standard InChI is InChI=1S/C19H23N3O6S/c23-13-14(24)16(26)19-22(18(28)15(13)25)12(8-29-19)17(27)20-6-5-9-7-21-11-4-2-1-3-10(9)11/h1-4,7,12-16,19,21,23-26H,5-6,8H2,(H,20,27)/t12-,13-,14-,15-,16+,19+/m0/s1. The molecule has 2 amide bonds. The molecule has 0 aliphatic carbocycles. The molecule has 0 spiro atoms. The highest BCUT2D eigenvalue weighted by Gasteiger charge is 2.53. The molecule has 0 saturated carbocycles. The first-order chi connectivity index (χ1) is 13.9. The second kappa shape index (κ2) is 7.96. The van der Waals surface area contributed by atoms with Crippen molar-refractivity contribution in [3.8, 4) is 0 Å². The maximum absolute atomic E-state index is 12.7. The molecule has 2 aliphatic heterocycles. The van der Waals surface area contributed by atoms with Gasteiger partial charge in [0, 0.05) is 29.4 Å². The van der Waals surface area contributed by atoms with Crippen molar-refractivity contribution in [1.29, 1.82) is 0 Å².